The highest BCUT2D eigenvalue weighted by Gasteiger charge is 2.21. The molecule has 15 heteroatoms. The van der Waals surface area contributed by atoms with Crippen LogP contribution in [0.3, 0.4) is 0 Å². The first-order valence-electron chi connectivity index (χ1n) is 14.9. The number of aromatic amines is 1. The Morgan fingerprint density at radius 2 is 1.64 bits per heavy atom. The van der Waals surface area contributed by atoms with Gasteiger partial charge in [-0.15, -0.1) is 0 Å². The lowest BCUT2D eigenvalue weighted by Gasteiger charge is -2.14. The summed E-state index contributed by atoms with van der Waals surface area (Å²) in [5, 5.41) is 15.2. The second-order valence-corrected chi connectivity index (χ2v) is 10.2. The van der Waals surface area contributed by atoms with Crippen molar-refractivity contribution in [1.82, 2.24) is 25.3 Å². The summed E-state index contributed by atoms with van der Waals surface area (Å²) in [5.74, 6) is -1.89. The van der Waals surface area contributed by atoms with E-state index < -0.39 is 23.5 Å². The second kappa shape index (κ2) is 19.0. The van der Waals surface area contributed by atoms with Crippen molar-refractivity contribution in [3.05, 3.63) is 52.1 Å². The van der Waals surface area contributed by atoms with Gasteiger partial charge in [-0.05, 0) is 49.9 Å². The first-order valence-corrected chi connectivity index (χ1v) is 14.9. The predicted molar refractivity (Wildman–Crippen MR) is 166 cm³/mol. The standard InChI is InChI=1S/C30H41N7O8/c1-2-12-43-14-16-45-17-15-44-13-4-3-5-23(38)10-11-24(29(41)42)35-27(39)20-6-8-21(9-7-20)32-18-22-19-33-26-25(34-22)28(40)37-30(31)36-26/h6-9,19,24,32H,2-5,10-18H2,1H3,(H,35,39)(H,41,42)(H3,31,33,36,37,40)/t24-/m1/s1. The van der Waals surface area contributed by atoms with E-state index in [-0.39, 0.29) is 47.8 Å². The van der Waals surface area contributed by atoms with Gasteiger partial charge in [0.15, 0.2) is 11.2 Å². The van der Waals surface area contributed by atoms with E-state index in [2.05, 4.69) is 30.6 Å². The van der Waals surface area contributed by atoms with Gasteiger partial charge in [0, 0.05) is 37.3 Å². The molecule has 2 heterocycles. The number of rotatable bonds is 22. The summed E-state index contributed by atoms with van der Waals surface area (Å²) in [4.78, 5) is 63.4. The van der Waals surface area contributed by atoms with Crippen LogP contribution in [-0.4, -0.2) is 88.4 Å². The van der Waals surface area contributed by atoms with E-state index in [4.69, 9.17) is 19.9 Å². The molecule has 0 fully saturated rings. The molecule has 1 atom stereocenters. The number of aliphatic carboxylic acids is 1. The summed E-state index contributed by atoms with van der Waals surface area (Å²) in [5.41, 5.74) is 6.64. The van der Waals surface area contributed by atoms with Crippen LogP contribution in [0, 0.1) is 0 Å². The van der Waals surface area contributed by atoms with E-state index in [0.717, 1.165) is 13.0 Å². The number of hydrogen-bond donors (Lipinski definition) is 5. The lowest BCUT2D eigenvalue weighted by atomic mass is 10.0. The smallest absolute Gasteiger partial charge is 0.326 e. The molecule has 0 saturated heterocycles. The number of amides is 1. The summed E-state index contributed by atoms with van der Waals surface area (Å²) >= 11 is 0. The molecule has 3 aromatic rings. The molecular weight excluding hydrogens is 586 g/mol. The van der Waals surface area contributed by atoms with Gasteiger partial charge in [-0.25, -0.2) is 14.8 Å². The molecule has 1 aromatic carbocycles. The van der Waals surface area contributed by atoms with Crippen LogP contribution < -0.4 is 21.9 Å². The Kier molecular flexibility index (Phi) is 14.8. The third kappa shape index (κ3) is 12.6. The number of H-pyrrole nitrogens is 1. The minimum Gasteiger partial charge on any atom is -0.480 e. The van der Waals surface area contributed by atoms with Crippen LogP contribution in [0.1, 0.15) is 61.5 Å². The minimum atomic E-state index is -1.21. The van der Waals surface area contributed by atoms with Crippen LogP contribution in [0.5, 0.6) is 0 Å². The minimum absolute atomic E-state index is 0.00685. The maximum absolute atomic E-state index is 12.7. The van der Waals surface area contributed by atoms with Crippen molar-refractivity contribution in [1.29, 1.82) is 0 Å². The Morgan fingerprint density at radius 3 is 2.33 bits per heavy atom. The fourth-order valence-corrected chi connectivity index (χ4v) is 4.13. The number of fused-ring (bicyclic) bond motifs is 1. The van der Waals surface area contributed by atoms with E-state index in [0.29, 0.717) is 63.7 Å². The number of ketones is 1. The van der Waals surface area contributed by atoms with Crippen molar-refractivity contribution in [3.8, 4) is 0 Å². The maximum Gasteiger partial charge on any atom is 0.326 e. The number of unbranched alkanes of at least 4 members (excludes halogenated alkanes) is 1. The summed E-state index contributed by atoms with van der Waals surface area (Å²) < 4.78 is 16.2. The number of nitrogens with zero attached hydrogens (tertiary/aromatic N) is 3. The normalized spacial score (nSPS) is 11.8. The van der Waals surface area contributed by atoms with Crippen LogP contribution in [0.2, 0.25) is 0 Å². The lowest BCUT2D eigenvalue weighted by molar-refractivity contribution is -0.139. The zero-order chi connectivity index (χ0) is 32.4. The van der Waals surface area contributed by atoms with Gasteiger partial charge in [0.05, 0.1) is 44.9 Å². The van der Waals surface area contributed by atoms with Crippen LogP contribution >= 0.6 is 0 Å². The van der Waals surface area contributed by atoms with Crippen LogP contribution in [0.25, 0.3) is 11.2 Å². The zero-order valence-corrected chi connectivity index (χ0v) is 25.4. The number of aromatic nitrogens is 4. The Morgan fingerprint density at radius 1 is 0.956 bits per heavy atom. The number of carboxylic acids is 1. The summed E-state index contributed by atoms with van der Waals surface area (Å²) in [6.45, 7) is 5.59. The largest absolute Gasteiger partial charge is 0.480 e. The quantitative estimate of drug-likeness (QED) is 0.101. The third-order valence-corrected chi connectivity index (χ3v) is 6.51. The van der Waals surface area contributed by atoms with E-state index in [1.165, 1.54) is 6.20 Å². The van der Waals surface area contributed by atoms with Gasteiger partial charge in [0.25, 0.3) is 11.5 Å². The van der Waals surface area contributed by atoms with Crippen molar-refractivity contribution in [2.45, 2.75) is 58.0 Å². The maximum atomic E-state index is 12.7. The number of nitrogens with two attached hydrogens (primary N) is 1. The number of nitrogen functional groups attached to an aromatic ring is 1. The number of benzene rings is 1. The van der Waals surface area contributed by atoms with Crippen LogP contribution in [0.15, 0.2) is 35.3 Å². The molecule has 0 aliphatic carbocycles. The zero-order valence-electron chi connectivity index (χ0n) is 25.4. The van der Waals surface area contributed by atoms with Gasteiger partial charge >= 0.3 is 5.97 Å². The lowest BCUT2D eigenvalue weighted by Crippen LogP contribution is -2.41. The van der Waals surface area contributed by atoms with Gasteiger partial charge < -0.3 is 35.7 Å². The van der Waals surface area contributed by atoms with Crippen LogP contribution in [0.4, 0.5) is 11.6 Å². The predicted octanol–water partition coefficient (Wildman–Crippen LogP) is 2.07. The third-order valence-electron chi connectivity index (χ3n) is 6.51. The van der Waals surface area contributed by atoms with Gasteiger partial charge in [0.1, 0.15) is 11.8 Å². The van der Waals surface area contributed by atoms with Gasteiger partial charge in [-0.1, -0.05) is 6.92 Å². The Hall–Kier alpha value is -4.47. The number of Topliss-reactive ketones (excluding diaryl/α,β-unsaturated/α-hetero) is 1. The molecule has 1 amide bonds. The highest BCUT2D eigenvalue weighted by Crippen LogP contribution is 2.13. The van der Waals surface area contributed by atoms with Gasteiger partial charge in [-0.2, -0.15) is 4.98 Å². The monoisotopic (exact) mass is 627 g/mol. The van der Waals surface area contributed by atoms with Crippen molar-refractivity contribution in [3.63, 3.8) is 0 Å². The fraction of sp³-hybridized carbons (Fsp3) is 0.500. The first-order chi connectivity index (χ1) is 21.8. The van der Waals surface area contributed by atoms with Gasteiger partial charge in [0.2, 0.25) is 5.95 Å². The van der Waals surface area contributed by atoms with E-state index >= 15 is 0 Å². The summed E-state index contributed by atoms with van der Waals surface area (Å²) in [6.07, 6.45) is 4.14. The molecule has 15 nitrogen and oxygen atoms in total. The number of anilines is 2. The van der Waals surface area contributed by atoms with Crippen molar-refractivity contribution >= 4 is 40.5 Å². The van der Waals surface area contributed by atoms with E-state index in [1.807, 2.05) is 6.92 Å². The molecule has 0 saturated carbocycles. The molecule has 0 radical (unpaired) electrons. The topological polar surface area (TPSA) is 221 Å². The molecule has 3 rings (SSSR count). The molecule has 0 unspecified atom stereocenters. The van der Waals surface area contributed by atoms with E-state index in [9.17, 15) is 24.3 Å². The first kappa shape index (κ1) is 35.0. The molecule has 45 heavy (non-hydrogen) atoms. The summed E-state index contributed by atoms with van der Waals surface area (Å²) in [6, 6.07) is 5.19. The summed E-state index contributed by atoms with van der Waals surface area (Å²) in [7, 11) is 0. The number of carbonyl (C=O) groups is 3. The number of carboxylic acid groups (broad SMARTS) is 1. The van der Waals surface area contributed by atoms with Crippen LogP contribution in [-0.2, 0) is 30.3 Å². The second-order valence-electron chi connectivity index (χ2n) is 10.2. The Balaban J connectivity index is 1.33. The number of nitrogens with one attached hydrogen (secondary N) is 3. The Bertz CT molecular complexity index is 1450. The molecule has 0 bridgehead atoms. The van der Waals surface area contributed by atoms with Crippen molar-refractivity contribution in [2.24, 2.45) is 0 Å². The average molecular weight is 628 g/mol. The molecule has 6 N–H and O–H groups in total. The van der Waals surface area contributed by atoms with Crippen molar-refractivity contribution < 1.29 is 33.7 Å². The van der Waals surface area contributed by atoms with E-state index in [1.54, 1.807) is 24.3 Å². The SMILES string of the molecule is CCCOCCOCCOCCCCC(=O)CC[C@@H](NC(=O)c1ccc(NCc2cnc3nc(N)[nH]c(=O)c3n2)cc1)C(=O)O. The number of carbonyl (C=O) groups excluding carboxylic acids is 2. The number of ether oxygens (including phenoxy) is 3. The number of hydrogen-bond acceptors (Lipinski definition) is 12. The highest BCUT2D eigenvalue weighted by molar-refractivity contribution is 5.97. The molecule has 0 aliphatic rings. The highest BCUT2D eigenvalue weighted by atomic mass is 16.5. The van der Waals surface area contributed by atoms with Crippen molar-refractivity contribution in [2.75, 3.05) is 50.7 Å². The fourth-order valence-electron chi connectivity index (χ4n) is 4.13. The molecule has 0 aliphatic heterocycles. The average Bonchev–Trinajstić information content (AvgIpc) is 3.02. The molecule has 0 spiro atoms. The van der Waals surface area contributed by atoms with Gasteiger partial charge in [-0.3, -0.25) is 19.4 Å². The molecule has 244 valence electrons. The molecular formula is C30H41N7O8. The Labute approximate surface area is 260 Å². The molecule has 2 aromatic heterocycles.